The van der Waals surface area contributed by atoms with Gasteiger partial charge in [-0.15, -0.1) is 0 Å². The van der Waals surface area contributed by atoms with Gasteiger partial charge in [0.15, 0.2) is 0 Å². The van der Waals surface area contributed by atoms with Gasteiger partial charge in [0.25, 0.3) is 0 Å². The summed E-state index contributed by atoms with van der Waals surface area (Å²) < 4.78 is 4.58. The summed E-state index contributed by atoms with van der Waals surface area (Å²) in [5, 5.41) is 0. The summed E-state index contributed by atoms with van der Waals surface area (Å²) in [5.74, 6) is -0.0498. The number of thiol groups is 1. The van der Waals surface area contributed by atoms with Crippen molar-refractivity contribution in [2.75, 3.05) is 12.4 Å². The van der Waals surface area contributed by atoms with Crippen LogP contribution in [-0.4, -0.2) is 24.4 Å². The second-order valence-corrected chi connectivity index (χ2v) is 1.91. The molecule has 0 rings (SSSR count). The molecule has 2 N–H and O–H groups in total. The average molecular weight is 150 g/mol. The summed E-state index contributed by atoms with van der Waals surface area (Å²) in [6.07, 6.45) is 0. The minimum absolute atomic E-state index is 0.332. The summed E-state index contributed by atoms with van der Waals surface area (Å²) in [6.45, 7) is 2.11. The molecule has 1 atom stereocenters. The molecular formula is C5H11NO2S. The van der Waals surface area contributed by atoms with Crippen molar-refractivity contribution in [3.63, 3.8) is 0 Å². The quantitative estimate of drug-likeness (QED) is 0.333. The van der Waals surface area contributed by atoms with Gasteiger partial charge in [0, 0.05) is 5.75 Å². The number of esters is 1. The van der Waals surface area contributed by atoms with Gasteiger partial charge in [0.1, 0.15) is 6.04 Å². The molecule has 9 heavy (non-hydrogen) atoms. The number of ether oxygens (including phenoxy) is 1. The second kappa shape index (κ2) is 4.64. The van der Waals surface area contributed by atoms with Gasteiger partial charge in [0.2, 0.25) is 0 Å². The Bertz CT molecular complexity index is 97.0. The molecule has 0 aromatic heterocycles. The van der Waals surface area contributed by atoms with Gasteiger partial charge < -0.3 is 10.5 Å². The van der Waals surface area contributed by atoms with Crippen LogP contribution in [0.4, 0.5) is 0 Å². The van der Waals surface area contributed by atoms with Crippen LogP contribution in [0.1, 0.15) is 6.92 Å². The maximum atomic E-state index is 10.6. The van der Waals surface area contributed by atoms with Crippen molar-refractivity contribution in [1.29, 1.82) is 0 Å². The lowest BCUT2D eigenvalue weighted by Crippen LogP contribution is -2.33. The molecule has 0 spiro atoms. The van der Waals surface area contributed by atoms with Crippen LogP contribution in [0.3, 0.4) is 0 Å². The first-order valence-electron chi connectivity index (χ1n) is 2.75. The predicted molar refractivity (Wildman–Crippen MR) is 38.5 cm³/mol. The molecule has 4 heteroatoms. The number of rotatable bonds is 3. The topological polar surface area (TPSA) is 52.3 Å². The maximum absolute atomic E-state index is 10.6. The van der Waals surface area contributed by atoms with Crippen molar-refractivity contribution >= 4 is 18.6 Å². The minimum atomic E-state index is -0.576. The largest absolute Gasteiger partial charge is 0.465 e. The fourth-order valence-electron chi connectivity index (χ4n) is 0.324. The van der Waals surface area contributed by atoms with Crippen LogP contribution in [0.5, 0.6) is 0 Å². The van der Waals surface area contributed by atoms with E-state index < -0.39 is 6.04 Å². The molecule has 0 aliphatic carbocycles. The number of nitrogens with two attached hydrogens (primary N) is 1. The van der Waals surface area contributed by atoms with E-state index >= 15 is 0 Å². The van der Waals surface area contributed by atoms with Crippen molar-refractivity contribution < 1.29 is 9.53 Å². The Morgan fingerprint density at radius 2 is 2.44 bits per heavy atom. The molecule has 0 saturated heterocycles. The van der Waals surface area contributed by atoms with Crippen LogP contribution in [-0.2, 0) is 9.53 Å². The van der Waals surface area contributed by atoms with Gasteiger partial charge in [-0.1, -0.05) is 0 Å². The summed E-state index contributed by atoms with van der Waals surface area (Å²) >= 11 is 3.82. The lowest BCUT2D eigenvalue weighted by molar-refractivity contribution is -0.144. The first-order chi connectivity index (χ1) is 4.22. The molecule has 0 aromatic rings. The molecule has 0 aliphatic rings. The van der Waals surface area contributed by atoms with E-state index in [4.69, 9.17) is 5.73 Å². The van der Waals surface area contributed by atoms with E-state index in [2.05, 4.69) is 17.4 Å². The van der Waals surface area contributed by atoms with Crippen LogP contribution in [0, 0.1) is 0 Å². The fraction of sp³-hybridized carbons (Fsp3) is 0.800. The predicted octanol–water partition coefficient (Wildman–Crippen LogP) is -0.193. The molecular weight excluding hydrogens is 139 g/mol. The van der Waals surface area contributed by atoms with Crippen LogP contribution in [0.15, 0.2) is 0 Å². The van der Waals surface area contributed by atoms with Gasteiger partial charge in [-0.25, -0.2) is 0 Å². The second-order valence-electron chi connectivity index (χ2n) is 1.54. The zero-order valence-electron chi connectivity index (χ0n) is 5.33. The van der Waals surface area contributed by atoms with Gasteiger partial charge in [-0.3, -0.25) is 4.79 Å². The zero-order valence-corrected chi connectivity index (χ0v) is 6.23. The first-order valence-corrected chi connectivity index (χ1v) is 3.38. The fourth-order valence-corrected chi connectivity index (χ4v) is 0.473. The van der Waals surface area contributed by atoms with Crippen molar-refractivity contribution in [3.8, 4) is 0 Å². The molecule has 0 fully saturated rings. The highest BCUT2D eigenvalue weighted by Crippen LogP contribution is 1.87. The van der Waals surface area contributed by atoms with Gasteiger partial charge >= 0.3 is 5.97 Å². The van der Waals surface area contributed by atoms with Gasteiger partial charge in [-0.05, 0) is 6.92 Å². The molecule has 0 aromatic carbocycles. The van der Waals surface area contributed by atoms with E-state index in [1.165, 1.54) is 0 Å². The van der Waals surface area contributed by atoms with Gasteiger partial charge in [0.05, 0.1) is 6.61 Å². The smallest absolute Gasteiger partial charge is 0.323 e. The van der Waals surface area contributed by atoms with E-state index in [9.17, 15) is 4.79 Å². The van der Waals surface area contributed by atoms with Crippen LogP contribution < -0.4 is 5.73 Å². The highest BCUT2D eigenvalue weighted by molar-refractivity contribution is 7.80. The highest BCUT2D eigenvalue weighted by Gasteiger charge is 2.10. The van der Waals surface area contributed by atoms with Crippen LogP contribution >= 0.6 is 12.6 Å². The molecule has 0 amide bonds. The Labute approximate surface area is 60.0 Å². The number of carbonyl (C=O) groups is 1. The molecule has 0 radical (unpaired) electrons. The number of hydrogen-bond donors (Lipinski definition) is 2. The molecule has 0 saturated carbocycles. The Hall–Kier alpha value is -0.220. The zero-order chi connectivity index (χ0) is 7.28. The number of carbonyl (C=O) groups excluding carboxylic acids is 1. The lowest BCUT2D eigenvalue weighted by Gasteiger charge is -2.05. The Kier molecular flexibility index (Phi) is 4.53. The standard InChI is InChI=1S/C5H11NO2S/c1-2-8-5(7)4(6)3-9/h4,9H,2-3,6H2,1H3/t4-/m0/s1/i3+1. The van der Waals surface area contributed by atoms with Crippen molar-refractivity contribution in [2.45, 2.75) is 13.0 Å². The van der Waals surface area contributed by atoms with E-state index in [0.29, 0.717) is 12.4 Å². The van der Waals surface area contributed by atoms with Gasteiger partial charge in [-0.2, -0.15) is 12.6 Å². The van der Waals surface area contributed by atoms with E-state index in [1.54, 1.807) is 6.92 Å². The Morgan fingerprint density at radius 1 is 1.89 bits per heavy atom. The third-order valence-corrected chi connectivity index (χ3v) is 1.18. The lowest BCUT2D eigenvalue weighted by atomic mass is 10.5. The maximum Gasteiger partial charge on any atom is 0.323 e. The van der Waals surface area contributed by atoms with Crippen molar-refractivity contribution in [2.24, 2.45) is 5.73 Å². The summed E-state index contributed by atoms with van der Waals surface area (Å²) in [5.41, 5.74) is 5.25. The van der Waals surface area contributed by atoms with Crippen molar-refractivity contribution in [3.05, 3.63) is 0 Å². The summed E-state index contributed by atoms with van der Waals surface area (Å²) in [7, 11) is 0. The first kappa shape index (κ1) is 8.78. The van der Waals surface area contributed by atoms with E-state index in [-0.39, 0.29) is 5.97 Å². The van der Waals surface area contributed by atoms with Crippen LogP contribution in [0.2, 0.25) is 0 Å². The molecule has 3 nitrogen and oxygen atoms in total. The normalized spacial score (nSPS) is 12.8. The SMILES string of the molecule is CCOC(=O)[C@@H](N)[13CH2]S. The molecule has 0 unspecified atom stereocenters. The molecule has 0 heterocycles. The Balaban J connectivity index is 3.46. The minimum Gasteiger partial charge on any atom is -0.465 e. The number of hydrogen-bond acceptors (Lipinski definition) is 4. The Morgan fingerprint density at radius 3 is 2.78 bits per heavy atom. The molecule has 0 bridgehead atoms. The van der Waals surface area contributed by atoms with Crippen molar-refractivity contribution in [1.82, 2.24) is 0 Å². The summed E-state index contributed by atoms with van der Waals surface area (Å²) in [4.78, 5) is 10.6. The van der Waals surface area contributed by atoms with Crippen LogP contribution in [0.25, 0.3) is 0 Å². The van der Waals surface area contributed by atoms with E-state index in [1.807, 2.05) is 0 Å². The summed E-state index contributed by atoms with van der Waals surface area (Å²) in [6, 6.07) is -0.576. The third-order valence-electron chi connectivity index (χ3n) is 0.786. The van der Waals surface area contributed by atoms with E-state index in [0.717, 1.165) is 0 Å². The monoisotopic (exact) mass is 150 g/mol. The average Bonchev–Trinajstić information content (AvgIpc) is 1.87. The third kappa shape index (κ3) is 3.37. The molecule has 54 valence electrons. The molecule has 0 aliphatic heterocycles. The highest BCUT2D eigenvalue weighted by atomic mass is 32.1.